The average Bonchev–Trinajstić information content (AvgIpc) is 3.64. The molecule has 0 unspecified atom stereocenters. The van der Waals surface area contributed by atoms with Gasteiger partial charge in [0.25, 0.3) is 5.91 Å². The van der Waals surface area contributed by atoms with Gasteiger partial charge in [-0.15, -0.1) is 10.2 Å². The summed E-state index contributed by atoms with van der Waals surface area (Å²) in [6, 6.07) is 10.8. The van der Waals surface area contributed by atoms with Crippen molar-refractivity contribution in [2.24, 2.45) is 16.7 Å². The highest BCUT2D eigenvalue weighted by molar-refractivity contribution is 6.31. The number of fused-ring (bicyclic) bond motifs is 1. The van der Waals surface area contributed by atoms with Crippen LogP contribution in [0.3, 0.4) is 0 Å². The Balaban J connectivity index is 0.800. The number of piperidine rings is 2. The summed E-state index contributed by atoms with van der Waals surface area (Å²) in [6.07, 6.45) is 9.56. The van der Waals surface area contributed by atoms with Crippen LogP contribution >= 0.6 is 11.6 Å². The highest BCUT2D eigenvalue weighted by Crippen LogP contribution is 2.55. The van der Waals surface area contributed by atoms with Crippen molar-refractivity contribution in [3.63, 3.8) is 0 Å². The molecule has 3 saturated heterocycles. The summed E-state index contributed by atoms with van der Waals surface area (Å²) in [5.74, 6) is 1.34. The topological polar surface area (TPSA) is 175 Å². The van der Waals surface area contributed by atoms with E-state index in [0.29, 0.717) is 24.3 Å². The van der Waals surface area contributed by atoms with Gasteiger partial charge in [-0.25, -0.2) is 14.8 Å². The van der Waals surface area contributed by atoms with Gasteiger partial charge in [0.2, 0.25) is 5.91 Å². The van der Waals surface area contributed by atoms with E-state index in [1.165, 1.54) is 6.20 Å². The van der Waals surface area contributed by atoms with E-state index in [0.717, 1.165) is 80.9 Å². The molecule has 0 aromatic carbocycles. The van der Waals surface area contributed by atoms with Gasteiger partial charge in [0.15, 0.2) is 17.2 Å². The molecule has 4 aromatic rings. The molecule has 4 aromatic heterocycles. The summed E-state index contributed by atoms with van der Waals surface area (Å²) in [5, 5.41) is 24.7. The van der Waals surface area contributed by atoms with Crippen molar-refractivity contribution in [3.05, 3.63) is 65.3 Å². The molecule has 0 radical (unpaired) electrons. The highest BCUT2D eigenvalue weighted by Gasteiger charge is 2.64. The van der Waals surface area contributed by atoms with Crippen molar-refractivity contribution >= 4 is 52.0 Å². The molecule has 4 amide bonds. The standard InChI is InChI=1S/C41H48ClN11O4/c1-40(2)37(41(3,4)38(40)57-27-21-29(42)31(22-43)45-23-27)47-36(55)30-5-6-33(49-48-30)51-17-8-25(9-18-51)24-50-15-10-26(11-16-50)52-19-12-28-32(7-14-44-35(28)52)53-20-13-34(54)46-39(53)56/h5-7,12,14,19,21,23,25-26,37-38H,8-11,13,15-18,20,24H2,1-4H3,(H,47,55)(H,46,54,56). The lowest BCUT2D eigenvalue weighted by molar-refractivity contribution is -0.164. The Morgan fingerprint density at radius 1 is 1.00 bits per heavy atom. The molecule has 4 aliphatic rings. The number of carbonyl (C=O) groups is 3. The number of halogens is 1. The molecule has 7 heterocycles. The van der Waals surface area contributed by atoms with Gasteiger partial charge < -0.3 is 24.4 Å². The second-order valence-corrected chi connectivity index (χ2v) is 17.4. The largest absolute Gasteiger partial charge is 0.487 e. The predicted molar refractivity (Wildman–Crippen MR) is 214 cm³/mol. The lowest BCUT2D eigenvalue weighted by Gasteiger charge is -2.63. The second kappa shape index (κ2) is 15.2. The maximum absolute atomic E-state index is 13.4. The minimum Gasteiger partial charge on any atom is -0.487 e. The number of hydrogen-bond acceptors (Lipinski definition) is 11. The zero-order valence-corrected chi connectivity index (χ0v) is 33.5. The van der Waals surface area contributed by atoms with Crippen molar-refractivity contribution < 1.29 is 19.1 Å². The Morgan fingerprint density at radius 3 is 2.42 bits per heavy atom. The smallest absolute Gasteiger partial charge is 0.328 e. The molecular formula is C41H48ClN11O4. The van der Waals surface area contributed by atoms with E-state index in [1.54, 1.807) is 23.2 Å². The van der Waals surface area contributed by atoms with Crippen LogP contribution in [0.2, 0.25) is 5.02 Å². The molecule has 16 heteroatoms. The summed E-state index contributed by atoms with van der Waals surface area (Å²) in [7, 11) is 0. The fourth-order valence-corrected chi connectivity index (χ4v) is 9.98. The molecule has 3 aliphatic heterocycles. The van der Waals surface area contributed by atoms with Crippen molar-refractivity contribution in [2.45, 2.75) is 78.0 Å². The molecule has 1 aliphatic carbocycles. The third-order valence-electron chi connectivity index (χ3n) is 12.5. The minimum atomic E-state index is -0.411. The van der Waals surface area contributed by atoms with E-state index in [4.69, 9.17) is 26.6 Å². The van der Waals surface area contributed by atoms with Gasteiger partial charge in [-0.1, -0.05) is 39.3 Å². The Morgan fingerprint density at radius 2 is 1.75 bits per heavy atom. The predicted octanol–water partition coefficient (Wildman–Crippen LogP) is 5.36. The highest BCUT2D eigenvalue weighted by atomic mass is 35.5. The number of aromatic nitrogens is 5. The van der Waals surface area contributed by atoms with Gasteiger partial charge in [0, 0.05) is 92.4 Å². The number of rotatable bonds is 9. The Labute approximate surface area is 336 Å². The number of anilines is 2. The van der Waals surface area contributed by atoms with Crippen LogP contribution in [0.1, 0.15) is 82.0 Å². The number of nitrogens with one attached hydrogen (secondary N) is 2. The monoisotopic (exact) mass is 793 g/mol. The SMILES string of the molecule is CC1(C)C(NC(=O)c2ccc(N3CCC(CN4CCC(n5ccc6c(N7CCC(=O)NC7=O)ccnc65)CC4)CC3)nn2)C(C)(C)C1Oc1cnc(C#N)c(Cl)c1. The number of hydrogen-bond donors (Lipinski definition) is 2. The number of carbonyl (C=O) groups excluding carboxylic acids is 3. The number of nitriles is 1. The number of amides is 4. The lowest BCUT2D eigenvalue weighted by Crippen LogP contribution is -2.74. The number of likely N-dealkylation sites (tertiary alicyclic amines) is 1. The van der Waals surface area contributed by atoms with E-state index < -0.39 is 10.8 Å². The Bertz CT molecular complexity index is 2200. The first kappa shape index (κ1) is 38.5. The van der Waals surface area contributed by atoms with Gasteiger partial charge in [0.1, 0.15) is 23.6 Å². The van der Waals surface area contributed by atoms with Crippen LogP contribution in [0.15, 0.2) is 48.9 Å². The van der Waals surface area contributed by atoms with Gasteiger partial charge >= 0.3 is 6.03 Å². The summed E-state index contributed by atoms with van der Waals surface area (Å²) >= 11 is 6.18. The third kappa shape index (κ3) is 7.36. The number of imide groups is 1. The van der Waals surface area contributed by atoms with Crippen LogP contribution in [0.5, 0.6) is 5.75 Å². The molecule has 0 bridgehead atoms. The van der Waals surface area contributed by atoms with E-state index >= 15 is 0 Å². The first-order valence-electron chi connectivity index (χ1n) is 19.7. The zero-order valence-electron chi connectivity index (χ0n) is 32.7. The van der Waals surface area contributed by atoms with Crippen LogP contribution in [-0.2, 0) is 4.79 Å². The molecule has 4 fully saturated rings. The molecule has 57 heavy (non-hydrogen) atoms. The van der Waals surface area contributed by atoms with Crippen molar-refractivity contribution in [1.82, 2.24) is 40.3 Å². The van der Waals surface area contributed by atoms with E-state index in [2.05, 4.69) is 74.1 Å². The van der Waals surface area contributed by atoms with E-state index in [1.807, 2.05) is 24.3 Å². The molecule has 298 valence electrons. The van der Waals surface area contributed by atoms with Crippen LogP contribution in [0.4, 0.5) is 16.3 Å². The van der Waals surface area contributed by atoms with Gasteiger partial charge in [-0.3, -0.25) is 19.8 Å². The molecule has 8 rings (SSSR count). The average molecular weight is 794 g/mol. The molecule has 15 nitrogen and oxygen atoms in total. The third-order valence-corrected chi connectivity index (χ3v) is 12.8. The number of nitrogens with zero attached hydrogens (tertiary/aromatic N) is 9. The van der Waals surface area contributed by atoms with Crippen LogP contribution in [-0.4, -0.2) is 98.9 Å². The van der Waals surface area contributed by atoms with Crippen LogP contribution in [0, 0.1) is 28.1 Å². The van der Waals surface area contributed by atoms with Gasteiger partial charge in [-0.05, 0) is 55.9 Å². The van der Waals surface area contributed by atoms with E-state index in [9.17, 15) is 14.4 Å². The Hall–Kier alpha value is -5.33. The maximum Gasteiger partial charge on any atom is 0.328 e. The summed E-state index contributed by atoms with van der Waals surface area (Å²) < 4.78 is 8.56. The molecule has 0 spiro atoms. The first-order valence-corrected chi connectivity index (χ1v) is 20.1. The molecule has 1 saturated carbocycles. The fourth-order valence-electron chi connectivity index (χ4n) is 9.78. The van der Waals surface area contributed by atoms with Crippen LogP contribution < -0.4 is 25.2 Å². The lowest BCUT2D eigenvalue weighted by atomic mass is 9.49. The fraction of sp³-hybridized carbons (Fsp3) is 0.512. The number of pyridine rings is 2. The molecule has 2 N–H and O–H groups in total. The zero-order chi connectivity index (χ0) is 40.1. The summed E-state index contributed by atoms with van der Waals surface area (Å²) in [5.41, 5.74) is 1.25. The van der Waals surface area contributed by atoms with Crippen molar-refractivity contribution in [2.75, 3.05) is 49.1 Å². The van der Waals surface area contributed by atoms with Gasteiger partial charge in [-0.2, -0.15) is 5.26 Å². The van der Waals surface area contributed by atoms with Crippen molar-refractivity contribution in [1.29, 1.82) is 5.26 Å². The molecular weight excluding hydrogens is 746 g/mol. The number of urea groups is 1. The van der Waals surface area contributed by atoms with Gasteiger partial charge in [0.05, 0.1) is 16.9 Å². The summed E-state index contributed by atoms with van der Waals surface area (Å²) in [4.78, 5) is 52.9. The molecule has 0 atom stereocenters. The van der Waals surface area contributed by atoms with E-state index in [-0.39, 0.29) is 52.8 Å². The second-order valence-electron chi connectivity index (χ2n) is 16.9. The Kier molecular flexibility index (Phi) is 10.3. The minimum absolute atomic E-state index is 0.146. The maximum atomic E-state index is 13.4. The first-order chi connectivity index (χ1) is 27.3. The summed E-state index contributed by atoms with van der Waals surface area (Å²) in [6.45, 7) is 13.5. The normalized spacial score (nSPS) is 22.8. The van der Waals surface area contributed by atoms with Crippen molar-refractivity contribution in [3.8, 4) is 11.8 Å². The quantitative estimate of drug-likeness (QED) is 0.223. The number of ether oxygens (including phenoxy) is 1. The van der Waals surface area contributed by atoms with Crippen LogP contribution in [0.25, 0.3) is 11.0 Å².